The minimum absolute atomic E-state index is 0.237. The van der Waals surface area contributed by atoms with Crippen LogP contribution in [0, 0.1) is 0 Å². The van der Waals surface area contributed by atoms with Gasteiger partial charge in [0.2, 0.25) is 17.6 Å². The highest BCUT2D eigenvalue weighted by atomic mass is 16.5. The SMILES string of the molecule is CN(Cc1noc(C2CCC2)n1)C(=O)NCCc1nc(-c2ccccn2)no1. The molecule has 0 saturated heterocycles. The van der Waals surface area contributed by atoms with Crippen LogP contribution in [0.4, 0.5) is 4.79 Å². The van der Waals surface area contributed by atoms with E-state index in [4.69, 9.17) is 9.05 Å². The van der Waals surface area contributed by atoms with Crippen LogP contribution in [0.15, 0.2) is 33.4 Å². The molecule has 0 bridgehead atoms. The molecule has 0 aromatic carbocycles. The molecule has 0 spiro atoms. The normalized spacial score (nSPS) is 13.9. The van der Waals surface area contributed by atoms with Gasteiger partial charge < -0.3 is 19.3 Å². The Bertz CT molecular complexity index is 920. The Balaban J connectivity index is 1.23. The lowest BCUT2D eigenvalue weighted by atomic mass is 9.85. The average Bonchev–Trinajstić information content (AvgIpc) is 3.31. The fourth-order valence-corrected chi connectivity index (χ4v) is 2.80. The summed E-state index contributed by atoms with van der Waals surface area (Å²) in [5, 5.41) is 10.7. The first-order chi connectivity index (χ1) is 13.7. The van der Waals surface area contributed by atoms with E-state index in [0.29, 0.717) is 48.0 Å². The number of nitrogens with zero attached hydrogens (tertiary/aromatic N) is 6. The van der Waals surface area contributed by atoms with Gasteiger partial charge in [0, 0.05) is 32.1 Å². The van der Waals surface area contributed by atoms with E-state index in [2.05, 4.69) is 30.6 Å². The summed E-state index contributed by atoms with van der Waals surface area (Å²) in [5.41, 5.74) is 0.641. The molecule has 0 radical (unpaired) electrons. The Hall–Kier alpha value is -3.30. The molecule has 1 saturated carbocycles. The Morgan fingerprint density at radius 1 is 1.25 bits per heavy atom. The van der Waals surface area contributed by atoms with E-state index >= 15 is 0 Å². The Labute approximate surface area is 161 Å². The van der Waals surface area contributed by atoms with Crippen LogP contribution in [0.2, 0.25) is 0 Å². The largest absolute Gasteiger partial charge is 0.339 e. The van der Waals surface area contributed by atoms with Crippen LogP contribution < -0.4 is 5.32 Å². The molecular weight excluding hydrogens is 362 g/mol. The number of hydrogen-bond donors (Lipinski definition) is 1. The molecule has 146 valence electrons. The van der Waals surface area contributed by atoms with Crippen LogP contribution in [0.25, 0.3) is 11.5 Å². The van der Waals surface area contributed by atoms with Gasteiger partial charge in [0.25, 0.3) is 0 Å². The molecule has 0 aliphatic heterocycles. The number of pyridine rings is 1. The average molecular weight is 383 g/mol. The number of carbonyl (C=O) groups excluding carboxylic acids is 1. The molecular formula is C18H21N7O3. The van der Waals surface area contributed by atoms with Gasteiger partial charge in [-0.2, -0.15) is 9.97 Å². The quantitative estimate of drug-likeness (QED) is 0.658. The zero-order valence-corrected chi connectivity index (χ0v) is 15.5. The molecule has 10 heteroatoms. The smallest absolute Gasteiger partial charge is 0.317 e. The molecule has 1 N–H and O–H groups in total. The number of amides is 2. The van der Waals surface area contributed by atoms with Gasteiger partial charge in [0.15, 0.2) is 5.82 Å². The van der Waals surface area contributed by atoms with E-state index in [1.165, 1.54) is 11.3 Å². The number of aromatic nitrogens is 5. The van der Waals surface area contributed by atoms with Gasteiger partial charge in [-0.15, -0.1) is 0 Å². The highest BCUT2D eigenvalue weighted by Gasteiger charge is 2.25. The van der Waals surface area contributed by atoms with Gasteiger partial charge in [-0.25, -0.2) is 4.79 Å². The minimum atomic E-state index is -0.237. The predicted octanol–water partition coefficient (Wildman–Crippen LogP) is 2.17. The van der Waals surface area contributed by atoms with E-state index in [1.807, 2.05) is 12.1 Å². The summed E-state index contributed by atoms with van der Waals surface area (Å²) in [6.07, 6.45) is 5.48. The first kappa shape index (κ1) is 18.1. The van der Waals surface area contributed by atoms with Crippen molar-refractivity contribution >= 4 is 6.03 Å². The molecule has 3 heterocycles. The number of hydrogen-bond acceptors (Lipinski definition) is 8. The molecule has 28 heavy (non-hydrogen) atoms. The van der Waals surface area contributed by atoms with Gasteiger partial charge >= 0.3 is 6.03 Å². The fourth-order valence-electron chi connectivity index (χ4n) is 2.80. The molecule has 2 amide bonds. The maximum Gasteiger partial charge on any atom is 0.317 e. The Kier molecular flexibility index (Phi) is 5.27. The van der Waals surface area contributed by atoms with Gasteiger partial charge in [-0.1, -0.05) is 22.8 Å². The Morgan fingerprint density at radius 3 is 2.89 bits per heavy atom. The molecule has 3 aromatic heterocycles. The third-order valence-corrected chi connectivity index (χ3v) is 4.64. The summed E-state index contributed by atoms with van der Waals surface area (Å²) >= 11 is 0. The summed E-state index contributed by atoms with van der Waals surface area (Å²) < 4.78 is 10.5. The van der Waals surface area contributed by atoms with Crippen LogP contribution in [0.5, 0.6) is 0 Å². The van der Waals surface area contributed by atoms with Crippen LogP contribution in [-0.4, -0.2) is 49.8 Å². The van der Waals surface area contributed by atoms with Crippen LogP contribution in [0.3, 0.4) is 0 Å². The van der Waals surface area contributed by atoms with Crippen molar-refractivity contribution in [2.75, 3.05) is 13.6 Å². The summed E-state index contributed by atoms with van der Waals surface area (Å²) in [4.78, 5) is 26.6. The monoisotopic (exact) mass is 383 g/mol. The molecule has 1 aliphatic rings. The lowest BCUT2D eigenvalue weighted by Crippen LogP contribution is -2.38. The second-order valence-corrected chi connectivity index (χ2v) is 6.74. The van der Waals surface area contributed by atoms with Crippen molar-refractivity contribution in [2.45, 2.75) is 38.1 Å². The van der Waals surface area contributed by atoms with E-state index in [0.717, 1.165) is 12.8 Å². The highest BCUT2D eigenvalue weighted by Crippen LogP contribution is 2.35. The number of carbonyl (C=O) groups is 1. The number of rotatable bonds is 7. The van der Waals surface area contributed by atoms with Crippen molar-refractivity contribution < 1.29 is 13.8 Å². The predicted molar refractivity (Wildman–Crippen MR) is 97.0 cm³/mol. The zero-order valence-electron chi connectivity index (χ0n) is 15.5. The summed E-state index contributed by atoms with van der Waals surface area (Å²) in [5.74, 6) is 2.43. The van der Waals surface area contributed by atoms with E-state index in [1.54, 1.807) is 19.3 Å². The molecule has 10 nitrogen and oxygen atoms in total. The third-order valence-electron chi connectivity index (χ3n) is 4.64. The highest BCUT2D eigenvalue weighted by molar-refractivity contribution is 5.73. The topological polar surface area (TPSA) is 123 Å². The first-order valence-corrected chi connectivity index (χ1v) is 9.24. The van der Waals surface area contributed by atoms with E-state index in [9.17, 15) is 4.79 Å². The Morgan fingerprint density at radius 2 is 2.14 bits per heavy atom. The molecule has 1 fully saturated rings. The van der Waals surface area contributed by atoms with Gasteiger partial charge in [-0.05, 0) is 25.0 Å². The van der Waals surface area contributed by atoms with Crippen molar-refractivity contribution in [1.82, 2.24) is 35.5 Å². The molecule has 3 aromatic rings. The van der Waals surface area contributed by atoms with Crippen LogP contribution in [0.1, 0.15) is 42.8 Å². The zero-order chi connectivity index (χ0) is 19.3. The minimum Gasteiger partial charge on any atom is -0.339 e. The van der Waals surface area contributed by atoms with Gasteiger partial charge in [0.05, 0.1) is 6.54 Å². The maximum atomic E-state index is 12.2. The lowest BCUT2D eigenvalue weighted by molar-refractivity contribution is 0.205. The van der Waals surface area contributed by atoms with E-state index in [-0.39, 0.29) is 12.6 Å². The van der Waals surface area contributed by atoms with Crippen LogP contribution >= 0.6 is 0 Å². The van der Waals surface area contributed by atoms with Crippen molar-refractivity contribution in [3.63, 3.8) is 0 Å². The van der Waals surface area contributed by atoms with Crippen molar-refractivity contribution in [3.05, 3.63) is 42.0 Å². The molecule has 1 aliphatic carbocycles. The van der Waals surface area contributed by atoms with Crippen molar-refractivity contribution in [2.24, 2.45) is 0 Å². The molecule has 4 rings (SSSR count). The second-order valence-electron chi connectivity index (χ2n) is 6.74. The van der Waals surface area contributed by atoms with Crippen LogP contribution in [-0.2, 0) is 13.0 Å². The molecule has 0 unspecified atom stereocenters. The van der Waals surface area contributed by atoms with Gasteiger partial charge in [-0.3, -0.25) is 4.98 Å². The number of urea groups is 1. The lowest BCUT2D eigenvalue weighted by Gasteiger charge is -2.20. The molecule has 0 atom stereocenters. The summed E-state index contributed by atoms with van der Waals surface area (Å²) in [7, 11) is 1.68. The summed E-state index contributed by atoms with van der Waals surface area (Å²) in [6.45, 7) is 0.652. The third kappa shape index (κ3) is 4.16. The maximum absolute atomic E-state index is 12.2. The summed E-state index contributed by atoms with van der Waals surface area (Å²) in [6, 6.07) is 5.24. The van der Waals surface area contributed by atoms with Gasteiger partial charge in [0.1, 0.15) is 5.69 Å². The number of nitrogens with one attached hydrogen (secondary N) is 1. The van der Waals surface area contributed by atoms with E-state index < -0.39 is 0 Å². The second kappa shape index (κ2) is 8.15. The fraction of sp³-hybridized carbons (Fsp3) is 0.444. The standard InChI is InChI=1S/C18H21N7O3/c1-25(11-14-21-17(28-23-14)12-5-4-6-12)18(26)20-10-8-15-22-16(24-27-15)13-7-2-3-9-19-13/h2-3,7,9,12H,4-6,8,10-11H2,1H3,(H,20,26). The van der Waals surface area contributed by atoms with Crippen molar-refractivity contribution in [1.29, 1.82) is 0 Å². The first-order valence-electron chi connectivity index (χ1n) is 9.24. The van der Waals surface area contributed by atoms with Crippen molar-refractivity contribution in [3.8, 4) is 11.5 Å².